The minimum absolute atomic E-state index is 0.194. The molecule has 2 nitrogen and oxygen atoms in total. The Bertz CT molecular complexity index is 326. The molecule has 0 aliphatic carbocycles. The van der Waals surface area contributed by atoms with Gasteiger partial charge in [0.15, 0.2) is 0 Å². The Morgan fingerprint density at radius 2 is 1.36 bits per heavy atom. The lowest BCUT2D eigenvalue weighted by Gasteiger charge is -2.40. The molecule has 25 heavy (non-hydrogen) atoms. The van der Waals surface area contributed by atoms with Crippen LogP contribution in [0.2, 0.25) is 0 Å². The largest absolute Gasteiger partial charge is 0.494 e. The molecule has 0 amide bonds. The predicted molar refractivity (Wildman–Crippen MR) is 109 cm³/mol. The molecule has 3 atom stereocenters. The molecule has 1 saturated heterocycles. The quantitative estimate of drug-likeness (QED) is 0.281. The highest BCUT2D eigenvalue weighted by atomic mass is 16.5. The van der Waals surface area contributed by atoms with Crippen molar-refractivity contribution in [3.8, 4) is 0 Å². The van der Waals surface area contributed by atoms with Crippen LogP contribution in [0.5, 0.6) is 0 Å². The molecule has 1 rings (SSSR count). The van der Waals surface area contributed by atoms with Gasteiger partial charge in [0.1, 0.15) is 6.10 Å². The van der Waals surface area contributed by atoms with Gasteiger partial charge in [-0.1, -0.05) is 104 Å². The molecule has 0 aromatic heterocycles. The average Bonchev–Trinajstić information content (AvgIpc) is 2.59. The summed E-state index contributed by atoms with van der Waals surface area (Å²) in [6, 6.07) is 0. The monoisotopic (exact) mass is 352 g/mol. The van der Waals surface area contributed by atoms with Crippen LogP contribution in [0, 0.1) is 5.92 Å². The fraction of sp³-hybridized carbons (Fsp3) is 0.913. The third-order valence-electron chi connectivity index (χ3n) is 5.68. The Kier molecular flexibility index (Phi) is 13.2. The van der Waals surface area contributed by atoms with E-state index in [4.69, 9.17) is 4.74 Å². The molecule has 0 radical (unpaired) electrons. The van der Waals surface area contributed by atoms with Gasteiger partial charge in [-0.3, -0.25) is 0 Å². The first-order valence-corrected chi connectivity index (χ1v) is 11.2. The van der Waals surface area contributed by atoms with Crippen molar-refractivity contribution in [1.29, 1.82) is 0 Å². The van der Waals surface area contributed by atoms with Gasteiger partial charge >= 0.3 is 0 Å². The van der Waals surface area contributed by atoms with Crippen LogP contribution in [0.4, 0.5) is 0 Å². The van der Waals surface area contributed by atoms with Gasteiger partial charge < -0.3 is 9.84 Å². The summed E-state index contributed by atoms with van der Waals surface area (Å²) in [5, 5.41) is 10.3. The van der Waals surface area contributed by atoms with Gasteiger partial charge in [-0.15, -0.1) is 0 Å². The molecule has 0 saturated carbocycles. The molecule has 0 spiro atoms. The van der Waals surface area contributed by atoms with Crippen molar-refractivity contribution in [3.05, 3.63) is 12.3 Å². The van der Waals surface area contributed by atoms with E-state index < -0.39 is 0 Å². The molecule has 148 valence electrons. The fourth-order valence-electron chi connectivity index (χ4n) is 3.93. The summed E-state index contributed by atoms with van der Waals surface area (Å²) in [4.78, 5) is 0. The Morgan fingerprint density at radius 1 is 0.840 bits per heavy atom. The number of aliphatic hydroxyl groups is 1. The summed E-state index contributed by atoms with van der Waals surface area (Å²) in [5.41, 5.74) is 0. The van der Waals surface area contributed by atoms with Crippen molar-refractivity contribution in [1.82, 2.24) is 0 Å². The molecular weight excluding hydrogens is 308 g/mol. The van der Waals surface area contributed by atoms with Crippen molar-refractivity contribution in [2.75, 3.05) is 0 Å². The topological polar surface area (TPSA) is 29.5 Å². The minimum Gasteiger partial charge on any atom is -0.494 e. The van der Waals surface area contributed by atoms with Crippen LogP contribution in [0.25, 0.3) is 0 Å². The molecular formula is C23H44O2. The Labute approximate surface area is 157 Å². The van der Waals surface area contributed by atoms with Crippen molar-refractivity contribution in [3.63, 3.8) is 0 Å². The summed E-state index contributed by atoms with van der Waals surface area (Å²) in [6.07, 6.45) is 20.2. The lowest BCUT2D eigenvalue weighted by molar-refractivity contribution is -0.0722. The molecule has 1 aliphatic rings. The summed E-state index contributed by atoms with van der Waals surface area (Å²) in [5.74, 6) is 1.45. The number of ether oxygens (including phenoxy) is 1. The predicted octanol–water partition coefficient (Wildman–Crippen LogP) is 7.16. The number of hydrogen-bond donors (Lipinski definition) is 1. The van der Waals surface area contributed by atoms with E-state index in [1.165, 1.54) is 83.5 Å². The highest BCUT2D eigenvalue weighted by Crippen LogP contribution is 2.38. The van der Waals surface area contributed by atoms with Crippen LogP contribution in [-0.2, 0) is 4.74 Å². The SMILES string of the molecule is C=C1O[C@H](C[C@@H](O)CCCCCCCCCCC)[C@H]1CCCCCC. The zero-order valence-corrected chi connectivity index (χ0v) is 17.1. The number of unbranched alkanes of at least 4 members (excludes halogenated alkanes) is 11. The van der Waals surface area contributed by atoms with Gasteiger partial charge in [-0.2, -0.15) is 0 Å². The van der Waals surface area contributed by atoms with Gasteiger partial charge in [0.2, 0.25) is 0 Å². The number of hydrogen-bond acceptors (Lipinski definition) is 2. The van der Waals surface area contributed by atoms with E-state index in [0.717, 1.165) is 25.0 Å². The molecule has 0 aromatic carbocycles. The van der Waals surface area contributed by atoms with E-state index in [-0.39, 0.29) is 12.2 Å². The van der Waals surface area contributed by atoms with E-state index >= 15 is 0 Å². The Balaban J connectivity index is 1.98. The lowest BCUT2D eigenvalue weighted by atomic mass is 9.85. The van der Waals surface area contributed by atoms with Crippen LogP contribution < -0.4 is 0 Å². The van der Waals surface area contributed by atoms with Crippen molar-refractivity contribution >= 4 is 0 Å². The third kappa shape index (κ3) is 10.3. The van der Waals surface area contributed by atoms with E-state index in [2.05, 4.69) is 20.4 Å². The second-order valence-corrected chi connectivity index (χ2v) is 8.09. The van der Waals surface area contributed by atoms with Gasteiger partial charge in [-0.05, 0) is 12.8 Å². The van der Waals surface area contributed by atoms with Gasteiger partial charge in [0.05, 0.1) is 17.8 Å². The molecule has 0 bridgehead atoms. The summed E-state index contributed by atoms with van der Waals surface area (Å²) in [6.45, 7) is 8.53. The van der Waals surface area contributed by atoms with Crippen molar-refractivity contribution in [2.45, 2.75) is 129 Å². The summed E-state index contributed by atoms with van der Waals surface area (Å²) in [7, 11) is 0. The second-order valence-electron chi connectivity index (χ2n) is 8.09. The maximum absolute atomic E-state index is 10.3. The van der Waals surface area contributed by atoms with Crippen LogP contribution in [0.1, 0.15) is 117 Å². The van der Waals surface area contributed by atoms with E-state index in [9.17, 15) is 5.11 Å². The molecule has 2 heteroatoms. The summed E-state index contributed by atoms with van der Waals surface area (Å²) >= 11 is 0. The zero-order valence-electron chi connectivity index (χ0n) is 17.1. The van der Waals surface area contributed by atoms with Gasteiger partial charge in [0, 0.05) is 6.42 Å². The average molecular weight is 353 g/mol. The van der Waals surface area contributed by atoms with E-state index in [1.54, 1.807) is 0 Å². The fourth-order valence-corrected chi connectivity index (χ4v) is 3.93. The van der Waals surface area contributed by atoms with Gasteiger partial charge in [-0.25, -0.2) is 0 Å². The summed E-state index contributed by atoms with van der Waals surface area (Å²) < 4.78 is 5.72. The Morgan fingerprint density at radius 3 is 1.92 bits per heavy atom. The second kappa shape index (κ2) is 14.6. The molecule has 1 fully saturated rings. The highest BCUT2D eigenvalue weighted by Gasteiger charge is 2.37. The first-order chi connectivity index (χ1) is 12.2. The van der Waals surface area contributed by atoms with Crippen LogP contribution >= 0.6 is 0 Å². The molecule has 1 aliphatic heterocycles. The Hall–Kier alpha value is -0.500. The van der Waals surface area contributed by atoms with E-state index in [0.29, 0.717) is 5.92 Å². The van der Waals surface area contributed by atoms with Crippen LogP contribution in [0.15, 0.2) is 12.3 Å². The highest BCUT2D eigenvalue weighted by molar-refractivity contribution is 5.05. The van der Waals surface area contributed by atoms with Crippen molar-refractivity contribution < 1.29 is 9.84 Å². The molecule has 0 unspecified atom stereocenters. The molecule has 1 heterocycles. The number of aliphatic hydroxyl groups excluding tert-OH is 1. The molecule has 0 aromatic rings. The third-order valence-corrected chi connectivity index (χ3v) is 5.68. The van der Waals surface area contributed by atoms with Crippen LogP contribution in [-0.4, -0.2) is 17.3 Å². The normalized spacial score (nSPS) is 21.0. The lowest BCUT2D eigenvalue weighted by Crippen LogP contribution is -2.39. The number of rotatable bonds is 17. The van der Waals surface area contributed by atoms with Gasteiger partial charge in [0.25, 0.3) is 0 Å². The van der Waals surface area contributed by atoms with Crippen molar-refractivity contribution in [2.24, 2.45) is 5.92 Å². The maximum atomic E-state index is 10.3. The smallest absolute Gasteiger partial charge is 0.110 e. The first-order valence-electron chi connectivity index (χ1n) is 11.2. The van der Waals surface area contributed by atoms with E-state index in [1.807, 2.05) is 0 Å². The minimum atomic E-state index is -0.194. The zero-order chi connectivity index (χ0) is 18.3. The van der Waals surface area contributed by atoms with Crippen LogP contribution in [0.3, 0.4) is 0 Å². The maximum Gasteiger partial charge on any atom is 0.110 e. The first kappa shape index (κ1) is 22.5. The standard InChI is InChI=1S/C23H44O2/c1-4-6-8-10-11-12-13-14-15-17-21(24)19-23-22(20(3)25-23)18-16-9-7-5-2/h21-24H,3-19H2,1-2H3/t21-,22-,23+/m0/s1. The molecule has 1 N–H and O–H groups in total.